The smallest absolute Gasteiger partial charge is 0.141 e. The molecule has 16 heavy (non-hydrogen) atoms. The Morgan fingerprint density at radius 1 is 1.25 bits per heavy atom. The van der Waals surface area contributed by atoms with E-state index in [-0.39, 0.29) is 0 Å². The van der Waals surface area contributed by atoms with Crippen LogP contribution in [0.2, 0.25) is 0 Å². The largest absolute Gasteiger partial charge is 0.245 e. The third kappa shape index (κ3) is 2.63. The Hall–Kier alpha value is -1.31. The standard InChI is InChI=1S/C12H7BrN2S/c13-11-3-1-2-4-12(11)16-10-5-6-15-9(7-10)8-14/h1-7H. The van der Waals surface area contributed by atoms with Crippen molar-refractivity contribution in [2.75, 3.05) is 0 Å². The van der Waals surface area contributed by atoms with Crippen LogP contribution in [0.4, 0.5) is 0 Å². The van der Waals surface area contributed by atoms with Gasteiger partial charge in [0.2, 0.25) is 0 Å². The molecule has 0 spiro atoms. The molecule has 78 valence electrons. The van der Waals surface area contributed by atoms with E-state index in [4.69, 9.17) is 5.26 Å². The normalized spacial score (nSPS) is 9.75. The molecule has 0 bridgehead atoms. The van der Waals surface area contributed by atoms with Crippen LogP contribution in [0.25, 0.3) is 0 Å². The average Bonchev–Trinajstić information content (AvgIpc) is 2.32. The molecule has 0 saturated carbocycles. The molecule has 2 aromatic rings. The zero-order chi connectivity index (χ0) is 11.4. The molecule has 1 aromatic carbocycles. The number of pyridine rings is 1. The number of hydrogen-bond acceptors (Lipinski definition) is 3. The van der Waals surface area contributed by atoms with Crippen LogP contribution in [0.5, 0.6) is 0 Å². The van der Waals surface area contributed by atoms with Gasteiger partial charge in [-0.05, 0) is 40.2 Å². The lowest BCUT2D eigenvalue weighted by Crippen LogP contribution is -1.82. The van der Waals surface area contributed by atoms with Crippen molar-refractivity contribution >= 4 is 27.7 Å². The fourth-order valence-corrected chi connectivity index (χ4v) is 2.58. The second kappa shape index (κ2) is 5.15. The summed E-state index contributed by atoms with van der Waals surface area (Å²) in [5.74, 6) is 0. The molecule has 2 rings (SSSR count). The van der Waals surface area contributed by atoms with E-state index in [1.165, 1.54) is 0 Å². The Balaban J connectivity index is 2.28. The molecule has 0 atom stereocenters. The summed E-state index contributed by atoms with van der Waals surface area (Å²) in [5.41, 5.74) is 0.442. The van der Waals surface area contributed by atoms with Gasteiger partial charge in [-0.2, -0.15) is 5.26 Å². The van der Waals surface area contributed by atoms with Crippen LogP contribution in [0.1, 0.15) is 5.69 Å². The number of aromatic nitrogens is 1. The van der Waals surface area contributed by atoms with Gasteiger partial charge in [0.05, 0.1) is 0 Å². The van der Waals surface area contributed by atoms with Gasteiger partial charge in [-0.25, -0.2) is 4.98 Å². The second-order valence-electron chi connectivity index (χ2n) is 3.02. The summed E-state index contributed by atoms with van der Waals surface area (Å²) in [6.07, 6.45) is 1.65. The first kappa shape index (κ1) is 11.2. The molecule has 1 heterocycles. The molecule has 0 fully saturated rings. The monoisotopic (exact) mass is 290 g/mol. The zero-order valence-electron chi connectivity index (χ0n) is 8.22. The number of nitrogens with zero attached hydrogens (tertiary/aromatic N) is 2. The van der Waals surface area contributed by atoms with Crippen LogP contribution in [0.3, 0.4) is 0 Å². The minimum Gasteiger partial charge on any atom is -0.245 e. The quantitative estimate of drug-likeness (QED) is 0.842. The molecule has 0 amide bonds. The van der Waals surface area contributed by atoms with Crippen molar-refractivity contribution in [1.82, 2.24) is 4.98 Å². The van der Waals surface area contributed by atoms with E-state index in [1.54, 1.807) is 24.0 Å². The Labute approximate surface area is 106 Å². The average molecular weight is 291 g/mol. The van der Waals surface area contributed by atoms with Gasteiger partial charge in [0.25, 0.3) is 0 Å². The minimum absolute atomic E-state index is 0.442. The molecule has 0 unspecified atom stereocenters. The van der Waals surface area contributed by atoms with Crippen LogP contribution in [-0.2, 0) is 0 Å². The maximum atomic E-state index is 8.75. The summed E-state index contributed by atoms with van der Waals surface area (Å²) >= 11 is 5.09. The van der Waals surface area contributed by atoms with E-state index < -0.39 is 0 Å². The highest BCUT2D eigenvalue weighted by molar-refractivity contribution is 9.10. The molecule has 2 nitrogen and oxygen atoms in total. The molecule has 0 aliphatic carbocycles. The summed E-state index contributed by atoms with van der Waals surface area (Å²) in [5, 5.41) is 8.75. The van der Waals surface area contributed by atoms with Gasteiger partial charge < -0.3 is 0 Å². The molecule has 0 aliphatic heterocycles. The van der Waals surface area contributed by atoms with Gasteiger partial charge in [0.15, 0.2) is 0 Å². The molecule has 0 N–H and O–H groups in total. The van der Waals surface area contributed by atoms with Crippen molar-refractivity contribution in [2.45, 2.75) is 9.79 Å². The summed E-state index contributed by atoms with van der Waals surface area (Å²) in [7, 11) is 0. The summed E-state index contributed by atoms with van der Waals surface area (Å²) in [6.45, 7) is 0. The lowest BCUT2D eigenvalue weighted by atomic mass is 10.4. The molecule has 0 radical (unpaired) electrons. The zero-order valence-corrected chi connectivity index (χ0v) is 10.6. The van der Waals surface area contributed by atoms with Crippen LogP contribution in [0.15, 0.2) is 56.9 Å². The Kier molecular flexibility index (Phi) is 3.60. The number of hydrogen-bond donors (Lipinski definition) is 0. The van der Waals surface area contributed by atoms with E-state index >= 15 is 0 Å². The van der Waals surface area contributed by atoms with Crippen molar-refractivity contribution in [1.29, 1.82) is 5.26 Å². The Bertz CT molecular complexity index is 549. The Morgan fingerprint density at radius 3 is 2.81 bits per heavy atom. The first-order valence-corrected chi connectivity index (χ1v) is 6.19. The van der Waals surface area contributed by atoms with Gasteiger partial charge >= 0.3 is 0 Å². The highest BCUT2D eigenvalue weighted by Crippen LogP contribution is 2.32. The van der Waals surface area contributed by atoms with Crippen molar-refractivity contribution < 1.29 is 0 Å². The van der Waals surface area contributed by atoms with E-state index in [9.17, 15) is 0 Å². The highest BCUT2D eigenvalue weighted by Gasteiger charge is 2.02. The summed E-state index contributed by atoms with van der Waals surface area (Å²) in [6, 6.07) is 13.7. The van der Waals surface area contributed by atoms with Crippen molar-refractivity contribution in [3.05, 3.63) is 52.8 Å². The third-order valence-corrected chi connectivity index (χ3v) is 3.93. The van der Waals surface area contributed by atoms with Gasteiger partial charge in [-0.15, -0.1) is 0 Å². The lowest BCUT2D eigenvalue weighted by Gasteiger charge is -2.03. The van der Waals surface area contributed by atoms with Crippen molar-refractivity contribution in [3.63, 3.8) is 0 Å². The third-order valence-electron chi connectivity index (χ3n) is 1.91. The van der Waals surface area contributed by atoms with Crippen LogP contribution >= 0.6 is 27.7 Å². The van der Waals surface area contributed by atoms with Crippen LogP contribution in [-0.4, -0.2) is 4.98 Å². The predicted octanol–water partition coefficient (Wildman–Crippen LogP) is 3.87. The maximum absolute atomic E-state index is 8.75. The molecule has 4 heteroatoms. The number of benzene rings is 1. The van der Waals surface area contributed by atoms with Crippen LogP contribution in [0, 0.1) is 11.3 Å². The van der Waals surface area contributed by atoms with E-state index in [2.05, 4.69) is 20.9 Å². The van der Waals surface area contributed by atoms with E-state index in [0.717, 1.165) is 14.3 Å². The SMILES string of the molecule is N#Cc1cc(Sc2ccccc2Br)ccn1. The van der Waals surface area contributed by atoms with E-state index in [0.29, 0.717) is 5.69 Å². The first-order valence-electron chi connectivity index (χ1n) is 4.58. The van der Waals surface area contributed by atoms with Crippen molar-refractivity contribution in [2.24, 2.45) is 0 Å². The molecule has 0 aliphatic rings. The minimum atomic E-state index is 0.442. The summed E-state index contributed by atoms with van der Waals surface area (Å²) < 4.78 is 1.05. The predicted molar refractivity (Wildman–Crippen MR) is 67.2 cm³/mol. The van der Waals surface area contributed by atoms with Gasteiger partial charge in [0, 0.05) is 20.5 Å². The van der Waals surface area contributed by atoms with Gasteiger partial charge in [-0.3, -0.25) is 0 Å². The number of halogens is 1. The maximum Gasteiger partial charge on any atom is 0.141 e. The fraction of sp³-hybridized carbons (Fsp3) is 0. The fourth-order valence-electron chi connectivity index (χ4n) is 1.19. The van der Waals surface area contributed by atoms with E-state index in [1.807, 2.05) is 36.4 Å². The number of nitriles is 1. The van der Waals surface area contributed by atoms with Crippen LogP contribution < -0.4 is 0 Å². The first-order chi connectivity index (χ1) is 7.79. The second-order valence-corrected chi connectivity index (χ2v) is 4.99. The lowest BCUT2D eigenvalue weighted by molar-refractivity contribution is 1.21. The molecular formula is C12H7BrN2S. The number of rotatable bonds is 2. The van der Waals surface area contributed by atoms with Crippen molar-refractivity contribution in [3.8, 4) is 6.07 Å². The molecular weight excluding hydrogens is 284 g/mol. The Morgan fingerprint density at radius 2 is 2.06 bits per heavy atom. The molecule has 0 saturated heterocycles. The van der Waals surface area contributed by atoms with Gasteiger partial charge in [0.1, 0.15) is 11.8 Å². The highest BCUT2D eigenvalue weighted by atomic mass is 79.9. The summed E-state index contributed by atoms with van der Waals surface area (Å²) in [4.78, 5) is 6.07. The topological polar surface area (TPSA) is 36.7 Å². The van der Waals surface area contributed by atoms with Gasteiger partial charge in [-0.1, -0.05) is 23.9 Å². The molecule has 1 aromatic heterocycles.